The van der Waals surface area contributed by atoms with Crippen LogP contribution in [0.25, 0.3) is 0 Å². The van der Waals surface area contributed by atoms with Gasteiger partial charge in [-0.3, -0.25) is 14.5 Å². The molecule has 0 aliphatic carbocycles. The summed E-state index contributed by atoms with van der Waals surface area (Å²) in [5.74, 6) is 0.204. The van der Waals surface area contributed by atoms with Crippen molar-refractivity contribution < 1.29 is 14.3 Å². The minimum absolute atomic E-state index is 0.108. The number of hydrogen-bond donors (Lipinski definition) is 0. The van der Waals surface area contributed by atoms with Crippen molar-refractivity contribution in [1.82, 2.24) is 9.80 Å². The zero-order chi connectivity index (χ0) is 14.4. The van der Waals surface area contributed by atoms with Crippen molar-refractivity contribution in [2.45, 2.75) is 31.4 Å². The number of ether oxygens (including phenoxy) is 1. The number of likely N-dealkylation sites (tertiary alicyclic amines) is 1. The van der Waals surface area contributed by atoms with Crippen molar-refractivity contribution in [2.24, 2.45) is 0 Å². The van der Waals surface area contributed by atoms with Gasteiger partial charge in [0, 0.05) is 44.8 Å². The third kappa shape index (κ3) is 5.07. The third-order valence-electron chi connectivity index (χ3n) is 3.77. The molecule has 0 saturated carbocycles. The summed E-state index contributed by atoms with van der Waals surface area (Å²) in [4.78, 5) is 27.2. The second-order valence-corrected chi connectivity index (χ2v) is 6.91. The van der Waals surface area contributed by atoms with E-state index in [1.54, 1.807) is 6.92 Å². The van der Waals surface area contributed by atoms with Crippen LogP contribution in [0.4, 0.5) is 0 Å². The minimum Gasteiger partial charge on any atom is -0.379 e. The molecule has 0 bridgehead atoms. The van der Waals surface area contributed by atoms with Crippen molar-refractivity contribution in [3.8, 4) is 0 Å². The summed E-state index contributed by atoms with van der Waals surface area (Å²) in [5, 5.41) is 0.274. The van der Waals surface area contributed by atoms with Crippen molar-refractivity contribution in [3.63, 3.8) is 0 Å². The van der Waals surface area contributed by atoms with Gasteiger partial charge in [-0.05, 0) is 19.4 Å². The van der Waals surface area contributed by atoms with Gasteiger partial charge in [-0.15, -0.1) is 0 Å². The van der Waals surface area contributed by atoms with Crippen molar-refractivity contribution in [1.29, 1.82) is 0 Å². The Morgan fingerprint density at radius 3 is 2.70 bits per heavy atom. The van der Waals surface area contributed by atoms with Gasteiger partial charge in [-0.1, -0.05) is 11.8 Å². The lowest BCUT2D eigenvalue weighted by Gasteiger charge is -2.26. The van der Waals surface area contributed by atoms with E-state index in [2.05, 4.69) is 4.90 Å². The maximum Gasteiger partial charge on any atom is 0.223 e. The molecule has 2 fully saturated rings. The van der Waals surface area contributed by atoms with E-state index < -0.39 is 0 Å². The second-order valence-electron chi connectivity index (χ2n) is 5.44. The number of thioether (sulfide) groups is 1. The first-order chi connectivity index (χ1) is 9.65. The average Bonchev–Trinajstić information content (AvgIpc) is 2.75. The normalized spacial score (nSPS) is 24.4. The maximum absolute atomic E-state index is 11.8. The van der Waals surface area contributed by atoms with Gasteiger partial charge >= 0.3 is 0 Å². The van der Waals surface area contributed by atoms with E-state index in [1.807, 2.05) is 4.90 Å². The third-order valence-corrected chi connectivity index (χ3v) is 4.75. The molecule has 5 nitrogen and oxygen atoms in total. The molecule has 1 atom stereocenters. The van der Waals surface area contributed by atoms with E-state index in [9.17, 15) is 9.59 Å². The van der Waals surface area contributed by atoms with Crippen LogP contribution in [0.1, 0.15) is 26.2 Å². The zero-order valence-electron chi connectivity index (χ0n) is 12.2. The molecule has 2 aliphatic heterocycles. The van der Waals surface area contributed by atoms with Gasteiger partial charge < -0.3 is 9.64 Å². The fourth-order valence-electron chi connectivity index (χ4n) is 2.73. The Kier molecular flexibility index (Phi) is 6.32. The Morgan fingerprint density at radius 1 is 1.30 bits per heavy atom. The fourth-order valence-corrected chi connectivity index (χ4v) is 3.68. The first kappa shape index (κ1) is 15.8. The maximum atomic E-state index is 11.8. The van der Waals surface area contributed by atoms with Crippen molar-refractivity contribution in [2.75, 3.05) is 45.9 Å². The standard InChI is InChI=1S/C14H24N2O3S/c1-12(17)20-13-10-14(18)16(11-13)5-3-2-4-15-6-8-19-9-7-15/h13H,2-11H2,1H3. The fraction of sp³-hybridized carbons (Fsp3) is 0.857. The van der Waals surface area contributed by atoms with Gasteiger partial charge in [0.15, 0.2) is 5.12 Å². The van der Waals surface area contributed by atoms with E-state index in [1.165, 1.54) is 11.8 Å². The molecule has 0 aromatic heterocycles. The van der Waals surface area contributed by atoms with Gasteiger partial charge in [0.25, 0.3) is 0 Å². The minimum atomic E-state index is 0.108. The van der Waals surface area contributed by atoms with Gasteiger partial charge in [-0.2, -0.15) is 0 Å². The molecule has 0 aromatic rings. The molecule has 0 N–H and O–H groups in total. The zero-order valence-corrected chi connectivity index (χ0v) is 13.0. The highest BCUT2D eigenvalue weighted by molar-refractivity contribution is 8.14. The molecule has 2 aliphatic rings. The highest BCUT2D eigenvalue weighted by atomic mass is 32.2. The van der Waals surface area contributed by atoms with Crippen molar-refractivity contribution >= 4 is 22.8 Å². The molecule has 6 heteroatoms. The molecular weight excluding hydrogens is 276 g/mol. The van der Waals surface area contributed by atoms with Gasteiger partial charge in [0.1, 0.15) is 0 Å². The summed E-state index contributed by atoms with van der Waals surface area (Å²) in [7, 11) is 0. The van der Waals surface area contributed by atoms with Crippen LogP contribution < -0.4 is 0 Å². The summed E-state index contributed by atoms with van der Waals surface area (Å²) in [6, 6.07) is 0. The van der Waals surface area contributed by atoms with Crippen LogP contribution in [0, 0.1) is 0 Å². The first-order valence-corrected chi connectivity index (χ1v) is 8.28. The number of hydrogen-bond acceptors (Lipinski definition) is 5. The van der Waals surface area contributed by atoms with E-state index in [0.717, 1.165) is 58.8 Å². The summed E-state index contributed by atoms with van der Waals surface area (Å²) in [6.07, 6.45) is 2.68. The summed E-state index contributed by atoms with van der Waals surface area (Å²) in [6.45, 7) is 7.97. The number of amides is 1. The van der Waals surface area contributed by atoms with Gasteiger partial charge in [-0.25, -0.2) is 0 Å². The van der Waals surface area contributed by atoms with Crippen LogP contribution in [0.2, 0.25) is 0 Å². The molecule has 1 unspecified atom stereocenters. The SMILES string of the molecule is CC(=O)SC1CC(=O)N(CCCCN2CCOCC2)C1. The van der Waals surface area contributed by atoms with Gasteiger partial charge in [0.05, 0.1) is 13.2 Å². The van der Waals surface area contributed by atoms with Crippen LogP contribution in [-0.2, 0) is 14.3 Å². The van der Waals surface area contributed by atoms with E-state index in [4.69, 9.17) is 4.74 Å². The van der Waals surface area contributed by atoms with Crippen LogP contribution in [0.3, 0.4) is 0 Å². The molecular formula is C14H24N2O3S. The Hall–Kier alpha value is -0.590. The lowest BCUT2D eigenvalue weighted by molar-refractivity contribution is -0.127. The van der Waals surface area contributed by atoms with E-state index >= 15 is 0 Å². The van der Waals surface area contributed by atoms with E-state index in [-0.39, 0.29) is 16.3 Å². The number of carbonyl (C=O) groups is 2. The van der Waals surface area contributed by atoms with Gasteiger partial charge in [0.2, 0.25) is 5.91 Å². The number of unbranched alkanes of at least 4 members (excludes halogenated alkanes) is 1. The molecule has 20 heavy (non-hydrogen) atoms. The first-order valence-electron chi connectivity index (χ1n) is 7.40. The van der Waals surface area contributed by atoms with Crippen LogP contribution in [0.15, 0.2) is 0 Å². The predicted octanol–water partition coefficient (Wildman–Crippen LogP) is 0.979. The largest absolute Gasteiger partial charge is 0.379 e. The Bertz CT molecular complexity index is 345. The Morgan fingerprint density at radius 2 is 2.00 bits per heavy atom. The Balaban J connectivity index is 1.59. The predicted molar refractivity (Wildman–Crippen MR) is 79.8 cm³/mol. The number of morpholine rings is 1. The molecule has 1 amide bonds. The van der Waals surface area contributed by atoms with Crippen LogP contribution in [0.5, 0.6) is 0 Å². The lowest BCUT2D eigenvalue weighted by atomic mass is 10.2. The lowest BCUT2D eigenvalue weighted by Crippen LogP contribution is -2.37. The summed E-state index contributed by atoms with van der Waals surface area (Å²) < 4.78 is 5.32. The number of carbonyl (C=O) groups excluding carboxylic acids is 2. The number of nitrogens with zero attached hydrogens (tertiary/aromatic N) is 2. The highest BCUT2D eigenvalue weighted by Crippen LogP contribution is 2.24. The Labute approximate surface area is 125 Å². The van der Waals surface area contributed by atoms with Crippen LogP contribution in [-0.4, -0.2) is 72.0 Å². The average molecular weight is 300 g/mol. The topological polar surface area (TPSA) is 49.9 Å². The molecule has 2 saturated heterocycles. The summed E-state index contributed by atoms with van der Waals surface area (Å²) >= 11 is 1.31. The van der Waals surface area contributed by atoms with Crippen molar-refractivity contribution in [3.05, 3.63) is 0 Å². The van der Waals surface area contributed by atoms with E-state index in [0.29, 0.717) is 6.42 Å². The molecule has 0 spiro atoms. The molecule has 2 heterocycles. The molecule has 114 valence electrons. The molecule has 2 rings (SSSR count). The number of rotatable bonds is 6. The summed E-state index contributed by atoms with van der Waals surface area (Å²) in [5.41, 5.74) is 0. The quantitative estimate of drug-likeness (QED) is 0.684. The van der Waals surface area contributed by atoms with Crippen LogP contribution >= 0.6 is 11.8 Å². The highest BCUT2D eigenvalue weighted by Gasteiger charge is 2.30. The molecule has 0 aromatic carbocycles. The second kappa shape index (κ2) is 8.00. The smallest absolute Gasteiger partial charge is 0.223 e. The molecule has 0 radical (unpaired) electrons. The monoisotopic (exact) mass is 300 g/mol.